The maximum atomic E-state index is 5.00. The van der Waals surface area contributed by atoms with Crippen molar-refractivity contribution in [1.29, 1.82) is 0 Å². The Morgan fingerprint density at radius 2 is 1.92 bits per heavy atom. The molecule has 12 heavy (non-hydrogen) atoms. The zero-order valence-corrected chi connectivity index (χ0v) is 10.1. The summed E-state index contributed by atoms with van der Waals surface area (Å²) in [4.78, 5) is 9.96. The molecule has 0 spiro atoms. The first-order valence-corrected chi connectivity index (χ1v) is 5.56. The first kappa shape index (κ1) is 12.6. The van der Waals surface area contributed by atoms with Crippen molar-refractivity contribution in [3.05, 3.63) is 0 Å². The van der Waals surface area contributed by atoms with Crippen molar-refractivity contribution < 1.29 is 14.5 Å². The number of rotatable bonds is 7. The van der Waals surface area contributed by atoms with Crippen LogP contribution in [0.5, 0.6) is 0 Å². The van der Waals surface area contributed by atoms with E-state index >= 15 is 0 Å². The van der Waals surface area contributed by atoms with Crippen molar-refractivity contribution in [3.8, 4) is 0 Å². The van der Waals surface area contributed by atoms with Crippen LogP contribution in [-0.2, 0) is 14.5 Å². The first-order valence-electron chi connectivity index (χ1n) is 4.04. The van der Waals surface area contributed by atoms with Crippen molar-refractivity contribution in [2.24, 2.45) is 0 Å². The monoisotopic (exact) mass is 288 g/mol. The maximum Gasteiger partial charge on any atom is 0.195 e. The highest BCUT2D eigenvalue weighted by molar-refractivity contribution is 14.1. The average Bonchev–Trinajstić information content (AvgIpc) is 2.04. The zero-order valence-electron chi connectivity index (χ0n) is 7.93. The number of hydrogen-bond acceptors (Lipinski definition) is 3. The van der Waals surface area contributed by atoms with Crippen LogP contribution in [0.2, 0.25) is 0 Å². The molecule has 0 aliphatic carbocycles. The van der Waals surface area contributed by atoms with Gasteiger partial charge in [0.2, 0.25) is 0 Å². The molecule has 0 aromatic carbocycles. The van der Waals surface area contributed by atoms with E-state index in [9.17, 15) is 0 Å². The van der Waals surface area contributed by atoms with E-state index < -0.39 is 5.79 Å². The number of ether oxygens (including phenoxy) is 1. The van der Waals surface area contributed by atoms with Gasteiger partial charge in [0, 0.05) is 7.11 Å². The molecule has 0 aromatic rings. The molecule has 4 heteroatoms. The highest BCUT2D eigenvalue weighted by Crippen LogP contribution is 2.09. The second-order valence-electron chi connectivity index (χ2n) is 2.91. The Bertz CT molecular complexity index is 106. The standard InChI is InChI=1S/C8H17IO3/c1-8(2,10-3)12-11-7-5-4-6-9/h4-7H2,1-3H3. The van der Waals surface area contributed by atoms with E-state index in [1.807, 2.05) is 13.8 Å². The molecule has 0 aromatic heterocycles. The molecule has 0 N–H and O–H groups in total. The van der Waals surface area contributed by atoms with E-state index in [-0.39, 0.29) is 0 Å². The van der Waals surface area contributed by atoms with Crippen molar-refractivity contribution in [1.82, 2.24) is 0 Å². The molecule has 0 fully saturated rings. The Hall–Kier alpha value is 0.610. The van der Waals surface area contributed by atoms with Crippen LogP contribution in [0.25, 0.3) is 0 Å². The Balaban J connectivity index is 3.19. The quantitative estimate of drug-likeness (QED) is 0.180. The molecule has 3 nitrogen and oxygen atoms in total. The highest BCUT2D eigenvalue weighted by Gasteiger charge is 2.17. The van der Waals surface area contributed by atoms with Crippen LogP contribution in [0.1, 0.15) is 26.7 Å². The molecule has 0 atom stereocenters. The lowest BCUT2D eigenvalue weighted by atomic mass is 10.4. The smallest absolute Gasteiger partial charge is 0.195 e. The second-order valence-corrected chi connectivity index (χ2v) is 3.98. The number of hydrogen-bond donors (Lipinski definition) is 0. The van der Waals surface area contributed by atoms with Gasteiger partial charge in [-0.15, -0.1) is 0 Å². The van der Waals surface area contributed by atoms with E-state index in [1.165, 1.54) is 0 Å². The minimum atomic E-state index is -0.635. The Morgan fingerprint density at radius 1 is 1.25 bits per heavy atom. The largest absolute Gasteiger partial charge is 0.351 e. The minimum absolute atomic E-state index is 0.635. The molecule has 0 bridgehead atoms. The number of methoxy groups -OCH3 is 1. The van der Waals surface area contributed by atoms with Crippen LogP contribution in [0.3, 0.4) is 0 Å². The molecule has 0 aliphatic rings. The van der Waals surface area contributed by atoms with Crippen LogP contribution < -0.4 is 0 Å². The fourth-order valence-corrected chi connectivity index (χ4v) is 1.01. The Kier molecular flexibility index (Phi) is 7.41. The molecule has 0 aliphatic heterocycles. The first-order chi connectivity index (χ1) is 5.62. The number of alkyl halides is 1. The minimum Gasteiger partial charge on any atom is -0.351 e. The van der Waals surface area contributed by atoms with Crippen LogP contribution >= 0.6 is 22.6 Å². The third-order valence-corrected chi connectivity index (χ3v) is 2.13. The van der Waals surface area contributed by atoms with E-state index in [0.29, 0.717) is 6.61 Å². The van der Waals surface area contributed by atoms with Gasteiger partial charge in [0.1, 0.15) is 0 Å². The molecule has 0 rings (SSSR count). The van der Waals surface area contributed by atoms with Crippen LogP contribution in [0, 0.1) is 0 Å². The summed E-state index contributed by atoms with van der Waals surface area (Å²) < 4.78 is 6.16. The summed E-state index contributed by atoms with van der Waals surface area (Å²) in [5.41, 5.74) is 0. The highest BCUT2D eigenvalue weighted by atomic mass is 127. The van der Waals surface area contributed by atoms with Crippen molar-refractivity contribution in [2.75, 3.05) is 18.1 Å². The normalized spacial score (nSPS) is 12.0. The van der Waals surface area contributed by atoms with Gasteiger partial charge in [-0.25, -0.2) is 9.78 Å². The maximum absolute atomic E-state index is 5.00. The van der Waals surface area contributed by atoms with Crippen molar-refractivity contribution in [3.63, 3.8) is 0 Å². The molecular formula is C8H17IO3. The van der Waals surface area contributed by atoms with Gasteiger partial charge in [0.15, 0.2) is 5.79 Å². The molecule has 0 saturated heterocycles. The lowest BCUT2D eigenvalue weighted by molar-refractivity contribution is -0.413. The molecule has 74 valence electrons. The van der Waals surface area contributed by atoms with Crippen molar-refractivity contribution in [2.45, 2.75) is 32.5 Å². The molecule has 0 saturated carbocycles. The summed E-state index contributed by atoms with van der Waals surface area (Å²) in [6, 6.07) is 0. The van der Waals surface area contributed by atoms with E-state index in [4.69, 9.17) is 14.5 Å². The average molecular weight is 288 g/mol. The lowest BCUT2D eigenvalue weighted by Crippen LogP contribution is -2.26. The topological polar surface area (TPSA) is 27.7 Å². The number of halogens is 1. The summed E-state index contributed by atoms with van der Waals surface area (Å²) in [6.45, 7) is 4.26. The molecule has 0 unspecified atom stereocenters. The SMILES string of the molecule is COC(C)(C)OOCCCCI. The van der Waals surface area contributed by atoms with Crippen LogP contribution in [0.4, 0.5) is 0 Å². The summed E-state index contributed by atoms with van der Waals surface area (Å²) >= 11 is 2.34. The predicted octanol–water partition coefficient (Wildman–Crippen LogP) is 2.53. The van der Waals surface area contributed by atoms with Gasteiger partial charge >= 0.3 is 0 Å². The van der Waals surface area contributed by atoms with Gasteiger partial charge in [-0.05, 0) is 31.1 Å². The summed E-state index contributed by atoms with van der Waals surface area (Å²) in [7, 11) is 1.59. The summed E-state index contributed by atoms with van der Waals surface area (Å²) in [6.07, 6.45) is 2.19. The fourth-order valence-electron chi connectivity index (χ4n) is 0.473. The van der Waals surface area contributed by atoms with Gasteiger partial charge < -0.3 is 4.74 Å². The van der Waals surface area contributed by atoms with Crippen LogP contribution in [-0.4, -0.2) is 23.9 Å². The van der Waals surface area contributed by atoms with Gasteiger partial charge in [-0.1, -0.05) is 22.6 Å². The molecule has 0 amide bonds. The third-order valence-electron chi connectivity index (χ3n) is 1.36. The van der Waals surface area contributed by atoms with E-state index in [0.717, 1.165) is 17.3 Å². The lowest BCUT2D eigenvalue weighted by Gasteiger charge is -2.21. The Labute approximate surface area is 87.8 Å². The van der Waals surface area contributed by atoms with E-state index in [1.54, 1.807) is 7.11 Å². The zero-order chi connectivity index (χ0) is 9.45. The van der Waals surface area contributed by atoms with Crippen LogP contribution in [0.15, 0.2) is 0 Å². The van der Waals surface area contributed by atoms with Gasteiger partial charge in [0.25, 0.3) is 0 Å². The molecule has 0 heterocycles. The third kappa shape index (κ3) is 7.27. The molecular weight excluding hydrogens is 271 g/mol. The second kappa shape index (κ2) is 7.06. The predicted molar refractivity (Wildman–Crippen MR) is 56.2 cm³/mol. The fraction of sp³-hybridized carbons (Fsp3) is 1.00. The number of unbranched alkanes of at least 4 members (excludes halogenated alkanes) is 1. The van der Waals surface area contributed by atoms with Gasteiger partial charge in [-0.2, -0.15) is 0 Å². The van der Waals surface area contributed by atoms with E-state index in [2.05, 4.69) is 22.6 Å². The summed E-state index contributed by atoms with van der Waals surface area (Å²) in [5.74, 6) is -0.635. The van der Waals surface area contributed by atoms with Gasteiger partial charge in [0.05, 0.1) is 6.61 Å². The Morgan fingerprint density at radius 3 is 2.42 bits per heavy atom. The van der Waals surface area contributed by atoms with Crippen molar-refractivity contribution >= 4 is 22.6 Å². The summed E-state index contributed by atoms with van der Waals surface area (Å²) in [5, 5.41) is 0. The molecule has 0 radical (unpaired) electrons. The van der Waals surface area contributed by atoms with Gasteiger partial charge in [-0.3, -0.25) is 0 Å².